The highest BCUT2D eigenvalue weighted by Crippen LogP contribution is 2.42. The largest absolute Gasteiger partial charge is 0.515 e. The number of hydrogen-bond donors (Lipinski definition) is 3. The molecular weight excluding hydrogens is 478 g/mol. The SMILES string of the molecule is CC(C)(C)[Si](C)(C)OC(=O)C(F)(F)[C@@](O)(C(=O)c1ccccc1)[C@H](O)C(O)C(=O)c1ccccc1. The average Bonchev–Trinajstić information content (AvgIpc) is 2.81. The van der Waals surface area contributed by atoms with E-state index in [2.05, 4.69) is 0 Å². The summed E-state index contributed by atoms with van der Waals surface area (Å²) < 4.78 is 36.5. The molecule has 7 nitrogen and oxygen atoms in total. The monoisotopic (exact) mass is 508 g/mol. The van der Waals surface area contributed by atoms with E-state index < -0.39 is 60.2 Å². The van der Waals surface area contributed by atoms with Gasteiger partial charge < -0.3 is 19.7 Å². The number of alkyl halides is 2. The van der Waals surface area contributed by atoms with Crippen LogP contribution in [0.4, 0.5) is 8.78 Å². The molecule has 0 spiro atoms. The van der Waals surface area contributed by atoms with Crippen molar-refractivity contribution in [3.63, 3.8) is 0 Å². The van der Waals surface area contributed by atoms with Crippen molar-refractivity contribution in [2.45, 2.75) is 62.6 Å². The predicted molar refractivity (Wildman–Crippen MR) is 127 cm³/mol. The van der Waals surface area contributed by atoms with Crippen molar-refractivity contribution in [2.75, 3.05) is 0 Å². The second-order valence-corrected chi connectivity index (χ2v) is 14.5. The summed E-state index contributed by atoms with van der Waals surface area (Å²) in [6.45, 7) is 8.06. The van der Waals surface area contributed by atoms with Gasteiger partial charge in [0.05, 0.1) is 0 Å². The minimum absolute atomic E-state index is 0.166. The van der Waals surface area contributed by atoms with E-state index in [-0.39, 0.29) is 5.56 Å². The summed E-state index contributed by atoms with van der Waals surface area (Å²) in [4.78, 5) is 38.6. The van der Waals surface area contributed by atoms with Gasteiger partial charge in [-0.1, -0.05) is 81.4 Å². The molecule has 0 saturated carbocycles. The van der Waals surface area contributed by atoms with Gasteiger partial charge in [-0.2, -0.15) is 8.78 Å². The van der Waals surface area contributed by atoms with Crippen LogP contribution in [-0.4, -0.2) is 64.9 Å². The van der Waals surface area contributed by atoms with E-state index in [1.54, 1.807) is 26.8 Å². The Labute approximate surface area is 203 Å². The lowest BCUT2D eigenvalue weighted by Gasteiger charge is -2.41. The maximum absolute atomic E-state index is 15.7. The molecule has 35 heavy (non-hydrogen) atoms. The zero-order valence-corrected chi connectivity index (χ0v) is 21.2. The Bertz CT molecular complexity index is 1070. The van der Waals surface area contributed by atoms with Gasteiger partial charge in [0.15, 0.2) is 5.78 Å². The first-order valence-corrected chi connectivity index (χ1v) is 13.8. The Hall–Kier alpha value is -2.79. The van der Waals surface area contributed by atoms with E-state index in [1.165, 1.54) is 55.6 Å². The van der Waals surface area contributed by atoms with Gasteiger partial charge in [0, 0.05) is 11.1 Å². The standard InChI is InChI=1S/C25H30F2O7Si/c1-23(2,3)35(4,5)34-22(32)25(26,27)24(33,20(30)17-14-10-7-11-15-17)21(31)19(29)18(28)16-12-8-6-9-13-16/h6-15,19,21,29,31,33H,1-5H3/t19?,21-,24-/m1/s1. The molecule has 0 saturated heterocycles. The Morgan fingerprint density at radius 3 is 1.71 bits per heavy atom. The highest BCUT2D eigenvalue weighted by Gasteiger charge is 2.70. The Morgan fingerprint density at radius 1 is 0.857 bits per heavy atom. The van der Waals surface area contributed by atoms with Crippen molar-refractivity contribution >= 4 is 25.9 Å². The van der Waals surface area contributed by atoms with Gasteiger partial charge in [0.25, 0.3) is 8.32 Å². The van der Waals surface area contributed by atoms with Crippen molar-refractivity contribution in [3.8, 4) is 0 Å². The number of carbonyl (C=O) groups is 3. The number of aliphatic hydroxyl groups is 3. The zero-order chi connectivity index (χ0) is 26.8. The summed E-state index contributed by atoms with van der Waals surface area (Å²) in [5.74, 6) is -10.3. The van der Waals surface area contributed by atoms with Gasteiger partial charge in [-0.25, -0.2) is 4.79 Å². The molecule has 2 aromatic rings. The molecule has 3 atom stereocenters. The van der Waals surface area contributed by atoms with Gasteiger partial charge in [0.2, 0.25) is 11.4 Å². The highest BCUT2D eigenvalue weighted by molar-refractivity contribution is 6.75. The van der Waals surface area contributed by atoms with E-state index >= 15 is 8.78 Å². The first-order valence-electron chi connectivity index (χ1n) is 10.9. The molecule has 190 valence electrons. The number of rotatable bonds is 9. The number of carbonyl (C=O) groups excluding carboxylic acids is 3. The van der Waals surface area contributed by atoms with E-state index in [0.29, 0.717) is 0 Å². The molecule has 2 aromatic carbocycles. The van der Waals surface area contributed by atoms with Gasteiger partial charge in [-0.3, -0.25) is 9.59 Å². The minimum atomic E-state index is -5.03. The molecule has 0 heterocycles. The van der Waals surface area contributed by atoms with Crippen molar-refractivity contribution in [2.24, 2.45) is 0 Å². The van der Waals surface area contributed by atoms with E-state index in [1.807, 2.05) is 0 Å². The first-order chi connectivity index (χ1) is 16.0. The zero-order valence-electron chi connectivity index (χ0n) is 20.2. The summed E-state index contributed by atoms with van der Waals surface area (Å²) in [5.41, 5.74) is -4.87. The number of halogens is 2. The summed E-state index contributed by atoms with van der Waals surface area (Å²) in [6, 6.07) is 13.2. The van der Waals surface area contributed by atoms with Crippen LogP contribution in [0.15, 0.2) is 60.7 Å². The fourth-order valence-electron chi connectivity index (χ4n) is 3.02. The molecule has 3 N–H and O–H groups in total. The summed E-state index contributed by atoms with van der Waals surface area (Å²) >= 11 is 0. The number of benzene rings is 2. The smallest absolute Gasteiger partial charge is 0.379 e. The second kappa shape index (κ2) is 10.1. The molecule has 0 aliphatic rings. The topological polar surface area (TPSA) is 121 Å². The molecule has 0 aliphatic heterocycles. The maximum Gasteiger partial charge on any atom is 0.379 e. The third-order valence-electron chi connectivity index (χ3n) is 6.33. The van der Waals surface area contributed by atoms with Gasteiger partial charge in [-0.15, -0.1) is 0 Å². The normalized spacial score (nSPS) is 16.1. The molecule has 0 amide bonds. The van der Waals surface area contributed by atoms with Crippen LogP contribution in [0.2, 0.25) is 18.1 Å². The van der Waals surface area contributed by atoms with E-state index in [9.17, 15) is 29.7 Å². The van der Waals surface area contributed by atoms with Crippen molar-refractivity contribution in [1.29, 1.82) is 0 Å². The third-order valence-corrected chi connectivity index (χ3v) is 10.6. The number of hydrogen-bond acceptors (Lipinski definition) is 7. The van der Waals surface area contributed by atoms with Crippen LogP contribution in [0.1, 0.15) is 41.5 Å². The van der Waals surface area contributed by atoms with Crippen molar-refractivity contribution in [1.82, 2.24) is 0 Å². The predicted octanol–water partition coefficient (Wildman–Crippen LogP) is 3.39. The summed E-state index contributed by atoms with van der Waals surface area (Å²) in [5, 5.41) is 31.6. The van der Waals surface area contributed by atoms with Crippen LogP contribution in [0, 0.1) is 0 Å². The molecular formula is C25H30F2O7Si. The molecule has 0 aromatic heterocycles. The van der Waals surface area contributed by atoms with Crippen LogP contribution in [0.25, 0.3) is 0 Å². The van der Waals surface area contributed by atoms with Crippen LogP contribution >= 0.6 is 0 Å². The van der Waals surface area contributed by atoms with Crippen molar-refractivity contribution in [3.05, 3.63) is 71.8 Å². The van der Waals surface area contributed by atoms with Crippen LogP contribution in [-0.2, 0) is 9.22 Å². The lowest BCUT2D eigenvalue weighted by molar-refractivity contribution is -0.222. The summed E-state index contributed by atoms with van der Waals surface area (Å²) in [7, 11) is -3.17. The molecule has 0 fully saturated rings. The molecule has 2 rings (SSSR count). The first kappa shape index (κ1) is 28.4. The second-order valence-electron chi connectivity index (χ2n) is 9.81. The molecule has 1 unspecified atom stereocenters. The molecule has 10 heteroatoms. The van der Waals surface area contributed by atoms with Crippen LogP contribution in [0.5, 0.6) is 0 Å². The van der Waals surface area contributed by atoms with Gasteiger partial charge >= 0.3 is 11.9 Å². The van der Waals surface area contributed by atoms with E-state index in [0.717, 1.165) is 12.1 Å². The fraction of sp³-hybridized carbons (Fsp3) is 0.400. The fourth-order valence-corrected chi connectivity index (χ4v) is 3.92. The Balaban J connectivity index is 2.60. The lowest BCUT2D eigenvalue weighted by Crippen LogP contribution is -2.69. The highest BCUT2D eigenvalue weighted by atomic mass is 28.4. The number of ketones is 2. The quantitative estimate of drug-likeness (QED) is 0.351. The number of aliphatic hydroxyl groups excluding tert-OH is 2. The van der Waals surface area contributed by atoms with E-state index in [4.69, 9.17) is 4.43 Å². The molecule has 0 bridgehead atoms. The third kappa shape index (κ3) is 5.40. The lowest BCUT2D eigenvalue weighted by atomic mass is 9.78. The van der Waals surface area contributed by atoms with Crippen LogP contribution < -0.4 is 0 Å². The maximum atomic E-state index is 15.7. The Morgan fingerprint density at radius 2 is 1.29 bits per heavy atom. The minimum Gasteiger partial charge on any atom is -0.515 e. The summed E-state index contributed by atoms with van der Waals surface area (Å²) in [6.07, 6.45) is -5.74. The van der Waals surface area contributed by atoms with Gasteiger partial charge in [-0.05, 0) is 18.1 Å². The van der Waals surface area contributed by atoms with Crippen LogP contribution in [0.3, 0.4) is 0 Å². The average molecular weight is 509 g/mol. The molecule has 0 radical (unpaired) electrons. The number of Topliss-reactive ketones (excluding diaryl/α,β-unsaturated/α-hetero) is 2. The Kier molecular flexibility index (Phi) is 8.17. The van der Waals surface area contributed by atoms with Gasteiger partial charge in [0.1, 0.15) is 12.2 Å². The van der Waals surface area contributed by atoms with Crippen molar-refractivity contribution < 1.29 is 42.9 Å². The molecule has 0 aliphatic carbocycles.